The highest BCUT2D eigenvalue weighted by molar-refractivity contribution is 5.67. The molecule has 0 saturated heterocycles. The van der Waals surface area contributed by atoms with Crippen molar-refractivity contribution in [2.24, 2.45) is 11.7 Å². The van der Waals surface area contributed by atoms with Gasteiger partial charge in [0.25, 0.3) is 0 Å². The number of nitrogens with two attached hydrogens (primary N) is 1. The first-order valence-corrected chi connectivity index (χ1v) is 3.82. The van der Waals surface area contributed by atoms with Gasteiger partial charge in [0, 0.05) is 6.04 Å². The summed E-state index contributed by atoms with van der Waals surface area (Å²) >= 11 is 0. The van der Waals surface area contributed by atoms with Crippen molar-refractivity contribution in [1.82, 2.24) is 0 Å². The zero-order valence-corrected chi connectivity index (χ0v) is 6.36. The van der Waals surface area contributed by atoms with E-state index in [1.54, 1.807) is 0 Å². The van der Waals surface area contributed by atoms with Gasteiger partial charge in [0.05, 0.1) is 6.42 Å². The second kappa shape index (κ2) is 3.53. The van der Waals surface area contributed by atoms with Crippen LogP contribution in [0.4, 0.5) is 0 Å². The summed E-state index contributed by atoms with van der Waals surface area (Å²) in [7, 11) is 0. The Kier molecular flexibility index (Phi) is 2.65. The average molecular weight is 155 g/mol. The van der Waals surface area contributed by atoms with E-state index < -0.39 is 5.97 Å². The van der Waals surface area contributed by atoms with Crippen molar-refractivity contribution >= 4 is 5.97 Å². The molecule has 3 nitrogen and oxygen atoms in total. The molecule has 1 rings (SSSR count). The van der Waals surface area contributed by atoms with Crippen molar-refractivity contribution in [3.63, 3.8) is 0 Å². The number of rotatable bonds is 3. The molecule has 62 valence electrons. The molecule has 0 aromatic carbocycles. The fourth-order valence-electron chi connectivity index (χ4n) is 1.36. The van der Waals surface area contributed by atoms with E-state index in [2.05, 4.69) is 12.2 Å². The molecule has 0 saturated carbocycles. The first kappa shape index (κ1) is 8.27. The first-order chi connectivity index (χ1) is 5.20. The summed E-state index contributed by atoms with van der Waals surface area (Å²) in [5.41, 5.74) is 5.66. The van der Waals surface area contributed by atoms with Crippen molar-refractivity contribution in [2.75, 3.05) is 0 Å². The summed E-state index contributed by atoms with van der Waals surface area (Å²) in [6.07, 6.45) is 6.09. The molecule has 0 bridgehead atoms. The van der Waals surface area contributed by atoms with Gasteiger partial charge in [-0.2, -0.15) is 0 Å². The van der Waals surface area contributed by atoms with Gasteiger partial charge in [-0.15, -0.1) is 0 Å². The molecule has 1 aliphatic carbocycles. The van der Waals surface area contributed by atoms with E-state index in [1.165, 1.54) is 0 Å². The molecule has 0 aromatic heterocycles. The SMILES string of the molecule is N[C@H](CC(=O)O)C1CC=CC1. The van der Waals surface area contributed by atoms with Crippen LogP contribution in [0.1, 0.15) is 19.3 Å². The first-order valence-electron chi connectivity index (χ1n) is 3.82. The lowest BCUT2D eigenvalue weighted by molar-refractivity contribution is -0.137. The third-order valence-corrected chi connectivity index (χ3v) is 2.06. The number of carbonyl (C=O) groups is 1. The van der Waals surface area contributed by atoms with Crippen LogP contribution in [0.5, 0.6) is 0 Å². The Bertz CT molecular complexity index is 169. The molecule has 0 aliphatic heterocycles. The molecular formula is C8H13NO2. The quantitative estimate of drug-likeness (QED) is 0.591. The minimum absolute atomic E-state index is 0.0896. The third kappa shape index (κ3) is 2.35. The van der Waals surface area contributed by atoms with E-state index >= 15 is 0 Å². The Morgan fingerprint density at radius 3 is 2.64 bits per heavy atom. The highest BCUT2D eigenvalue weighted by atomic mass is 16.4. The molecule has 0 amide bonds. The Hall–Kier alpha value is -0.830. The van der Waals surface area contributed by atoms with Crippen LogP contribution in [0, 0.1) is 5.92 Å². The maximum Gasteiger partial charge on any atom is 0.304 e. The molecule has 0 fully saturated rings. The van der Waals surface area contributed by atoms with Crippen molar-refractivity contribution < 1.29 is 9.90 Å². The van der Waals surface area contributed by atoms with Gasteiger partial charge in [-0.25, -0.2) is 0 Å². The fraction of sp³-hybridized carbons (Fsp3) is 0.625. The summed E-state index contributed by atoms with van der Waals surface area (Å²) in [6.45, 7) is 0. The van der Waals surface area contributed by atoms with Crippen molar-refractivity contribution in [1.29, 1.82) is 0 Å². The molecule has 11 heavy (non-hydrogen) atoms. The number of allylic oxidation sites excluding steroid dienone is 2. The minimum atomic E-state index is -0.801. The molecule has 3 N–H and O–H groups in total. The second-order valence-corrected chi connectivity index (χ2v) is 2.96. The number of aliphatic carboxylic acids is 1. The van der Waals surface area contributed by atoms with Crippen LogP contribution >= 0.6 is 0 Å². The fourth-order valence-corrected chi connectivity index (χ4v) is 1.36. The van der Waals surface area contributed by atoms with Gasteiger partial charge < -0.3 is 10.8 Å². The van der Waals surface area contributed by atoms with Crippen LogP contribution in [0.15, 0.2) is 12.2 Å². The molecular weight excluding hydrogens is 142 g/mol. The van der Waals surface area contributed by atoms with Gasteiger partial charge in [0.2, 0.25) is 0 Å². The lowest BCUT2D eigenvalue weighted by Gasteiger charge is -2.15. The molecule has 0 heterocycles. The van der Waals surface area contributed by atoms with Crippen LogP contribution in [0.2, 0.25) is 0 Å². The van der Waals surface area contributed by atoms with E-state index in [-0.39, 0.29) is 12.5 Å². The van der Waals surface area contributed by atoms with Gasteiger partial charge in [0.1, 0.15) is 0 Å². The van der Waals surface area contributed by atoms with Gasteiger partial charge in [-0.1, -0.05) is 12.2 Å². The number of carboxylic acid groups (broad SMARTS) is 1. The Morgan fingerprint density at radius 2 is 2.18 bits per heavy atom. The number of hydrogen-bond donors (Lipinski definition) is 2. The Labute approximate surface area is 65.9 Å². The predicted octanol–water partition coefficient (Wildman–Crippen LogP) is 0.755. The predicted molar refractivity (Wildman–Crippen MR) is 42.1 cm³/mol. The third-order valence-electron chi connectivity index (χ3n) is 2.06. The van der Waals surface area contributed by atoms with Crippen LogP contribution in [-0.2, 0) is 4.79 Å². The maximum atomic E-state index is 10.3. The molecule has 0 radical (unpaired) electrons. The maximum absolute atomic E-state index is 10.3. The zero-order valence-electron chi connectivity index (χ0n) is 6.36. The number of carboxylic acids is 1. The largest absolute Gasteiger partial charge is 0.481 e. The van der Waals surface area contributed by atoms with E-state index in [0.717, 1.165) is 12.8 Å². The van der Waals surface area contributed by atoms with Crippen molar-refractivity contribution in [3.8, 4) is 0 Å². The lowest BCUT2D eigenvalue weighted by atomic mass is 9.96. The van der Waals surface area contributed by atoms with E-state index in [1.807, 2.05) is 0 Å². The summed E-state index contributed by atoms with van der Waals surface area (Å²) in [4.78, 5) is 10.3. The van der Waals surface area contributed by atoms with E-state index in [9.17, 15) is 4.79 Å². The Balaban J connectivity index is 2.29. The highest BCUT2D eigenvalue weighted by Crippen LogP contribution is 2.21. The summed E-state index contributed by atoms with van der Waals surface area (Å²) in [5, 5.41) is 8.44. The molecule has 0 spiro atoms. The normalized spacial score (nSPS) is 20.5. The standard InChI is InChI=1S/C8H13NO2/c9-7(5-8(10)11)6-3-1-2-4-6/h1-2,6-7H,3-5,9H2,(H,10,11)/t7-/m1/s1. The molecule has 0 unspecified atom stereocenters. The monoisotopic (exact) mass is 155 g/mol. The zero-order chi connectivity index (χ0) is 8.27. The average Bonchev–Trinajstić information content (AvgIpc) is 2.35. The Morgan fingerprint density at radius 1 is 1.64 bits per heavy atom. The van der Waals surface area contributed by atoms with Crippen LogP contribution in [-0.4, -0.2) is 17.1 Å². The highest BCUT2D eigenvalue weighted by Gasteiger charge is 2.20. The van der Waals surface area contributed by atoms with Crippen LogP contribution < -0.4 is 5.73 Å². The van der Waals surface area contributed by atoms with Crippen LogP contribution in [0.25, 0.3) is 0 Å². The van der Waals surface area contributed by atoms with Crippen molar-refractivity contribution in [3.05, 3.63) is 12.2 Å². The summed E-state index contributed by atoms with van der Waals surface area (Å²) in [6, 6.07) is -0.178. The molecule has 1 atom stereocenters. The van der Waals surface area contributed by atoms with Gasteiger partial charge in [0.15, 0.2) is 0 Å². The molecule has 3 heteroatoms. The summed E-state index contributed by atoms with van der Waals surface area (Å²) in [5.74, 6) is -0.449. The molecule has 0 aromatic rings. The molecule has 1 aliphatic rings. The second-order valence-electron chi connectivity index (χ2n) is 2.96. The smallest absolute Gasteiger partial charge is 0.304 e. The summed E-state index contributed by atoms with van der Waals surface area (Å²) < 4.78 is 0. The number of hydrogen-bond acceptors (Lipinski definition) is 2. The van der Waals surface area contributed by atoms with Gasteiger partial charge in [-0.3, -0.25) is 4.79 Å². The van der Waals surface area contributed by atoms with Gasteiger partial charge >= 0.3 is 5.97 Å². The van der Waals surface area contributed by atoms with Crippen LogP contribution in [0.3, 0.4) is 0 Å². The van der Waals surface area contributed by atoms with E-state index in [0.29, 0.717) is 5.92 Å². The minimum Gasteiger partial charge on any atom is -0.481 e. The van der Waals surface area contributed by atoms with Crippen molar-refractivity contribution in [2.45, 2.75) is 25.3 Å². The van der Waals surface area contributed by atoms with E-state index in [4.69, 9.17) is 10.8 Å². The lowest BCUT2D eigenvalue weighted by Crippen LogP contribution is -2.31. The van der Waals surface area contributed by atoms with Gasteiger partial charge in [-0.05, 0) is 18.8 Å². The topological polar surface area (TPSA) is 63.3 Å².